The van der Waals surface area contributed by atoms with Crippen LogP contribution in [-0.4, -0.2) is 28.9 Å². The van der Waals surface area contributed by atoms with E-state index in [4.69, 9.17) is 0 Å². The van der Waals surface area contributed by atoms with Crippen molar-refractivity contribution < 1.29 is 13.6 Å². The molecule has 1 aromatic heterocycles. The summed E-state index contributed by atoms with van der Waals surface area (Å²) in [5, 5.41) is 2.82. The normalized spacial score (nSPS) is 10.4. The summed E-state index contributed by atoms with van der Waals surface area (Å²) >= 11 is 0. The second kappa shape index (κ2) is 6.98. The zero-order valence-electron chi connectivity index (χ0n) is 12.4. The summed E-state index contributed by atoms with van der Waals surface area (Å²) in [6, 6.07) is 6.42. The van der Waals surface area contributed by atoms with Crippen LogP contribution in [-0.2, 0) is 0 Å². The average molecular weight is 305 g/mol. The molecule has 0 spiro atoms. The molecule has 0 radical (unpaired) electrons. The maximum Gasteiger partial charge on any atom is 0.272 e. The third kappa shape index (κ3) is 3.58. The van der Waals surface area contributed by atoms with E-state index in [9.17, 15) is 13.6 Å². The minimum Gasteiger partial charge on any atom is -0.353 e. The largest absolute Gasteiger partial charge is 0.353 e. The molecular formula is C16H17F2N3O. The number of carbonyl (C=O) groups excluding carboxylic acids is 1. The zero-order valence-corrected chi connectivity index (χ0v) is 12.4. The van der Waals surface area contributed by atoms with Gasteiger partial charge in [0.05, 0.1) is 5.69 Å². The van der Waals surface area contributed by atoms with Crippen LogP contribution in [0.2, 0.25) is 0 Å². The van der Waals surface area contributed by atoms with Gasteiger partial charge in [-0.05, 0) is 38.1 Å². The number of halogens is 2. The Hall–Kier alpha value is -2.50. The lowest BCUT2D eigenvalue weighted by molar-refractivity contribution is 0.0767. The van der Waals surface area contributed by atoms with Gasteiger partial charge in [0.15, 0.2) is 0 Å². The third-order valence-corrected chi connectivity index (χ3v) is 3.24. The number of hydrogen-bond donors (Lipinski definition) is 1. The molecule has 2 rings (SSSR count). The Kier molecular flexibility index (Phi) is 5.04. The lowest BCUT2D eigenvalue weighted by Crippen LogP contribution is -2.31. The molecule has 0 aliphatic carbocycles. The number of hydrogen-bond acceptors (Lipinski definition) is 3. The molecule has 0 saturated heterocycles. The highest BCUT2D eigenvalue weighted by Gasteiger charge is 2.14. The number of nitrogens with one attached hydrogen (secondary N) is 1. The van der Waals surface area contributed by atoms with Gasteiger partial charge in [-0.1, -0.05) is 0 Å². The van der Waals surface area contributed by atoms with Gasteiger partial charge in [-0.3, -0.25) is 9.78 Å². The molecular weight excluding hydrogens is 288 g/mol. The minimum absolute atomic E-state index is 0.133. The SMILES string of the molecule is CCN(CC)C(=O)c1cc(Nc2ccc(F)cc2F)ccn1. The molecule has 0 aliphatic heterocycles. The molecule has 2 aromatic rings. The summed E-state index contributed by atoms with van der Waals surface area (Å²) in [5.41, 5.74) is 0.918. The van der Waals surface area contributed by atoms with E-state index in [0.717, 1.165) is 12.1 Å². The minimum atomic E-state index is -0.701. The highest BCUT2D eigenvalue weighted by Crippen LogP contribution is 2.21. The fraction of sp³-hybridized carbons (Fsp3) is 0.250. The average Bonchev–Trinajstić information content (AvgIpc) is 2.51. The predicted molar refractivity (Wildman–Crippen MR) is 81.1 cm³/mol. The molecule has 6 heteroatoms. The smallest absolute Gasteiger partial charge is 0.272 e. The Morgan fingerprint density at radius 2 is 1.91 bits per heavy atom. The number of amides is 1. The molecule has 0 fully saturated rings. The molecule has 1 aromatic carbocycles. The van der Waals surface area contributed by atoms with Crippen molar-refractivity contribution in [1.82, 2.24) is 9.88 Å². The van der Waals surface area contributed by atoms with Gasteiger partial charge in [-0.15, -0.1) is 0 Å². The standard InChI is InChI=1S/C16H17F2N3O/c1-3-21(4-2)16(22)15-10-12(7-8-19-15)20-14-6-5-11(17)9-13(14)18/h5-10H,3-4H2,1-2H3,(H,19,20). The Balaban J connectivity index is 2.23. The lowest BCUT2D eigenvalue weighted by Gasteiger charge is -2.18. The van der Waals surface area contributed by atoms with Crippen LogP contribution < -0.4 is 5.32 Å². The molecule has 22 heavy (non-hydrogen) atoms. The van der Waals surface area contributed by atoms with Gasteiger partial charge in [0.2, 0.25) is 0 Å². The van der Waals surface area contributed by atoms with Crippen LogP contribution in [0.4, 0.5) is 20.2 Å². The number of rotatable bonds is 5. The molecule has 1 amide bonds. The van der Waals surface area contributed by atoms with E-state index in [0.29, 0.717) is 18.8 Å². The van der Waals surface area contributed by atoms with Crippen molar-refractivity contribution in [3.63, 3.8) is 0 Å². The summed E-state index contributed by atoms with van der Waals surface area (Å²) in [4.78, 5) is 17.9. The quantitative estimate of drug-likeness (QED) is 0.918. The fourth-order valence-electron chi connectivity index (χ4n) is 2.04. The molecule has 0 atom stereocenters. The second-order valence-corrected chi connectivity index (χ2v) is 4.66. The maximum absolute atomic E-state index is 13.6. The van der Waals surface area contributed by atoms with E-state index >= 15 is 0 Å². The number of benzene rings is 1. The van der Waals surface area contributed by atoms with Crippen molar-refractivity contribution in [3.05, 3.63) is 53.9 Å². The highest BCUT2D eigenvalue weighted by molar-refractivity contribution is 5.93. The van der Waals surface area contributed by atoms with E-state index in [-0.39, 0.29) is 17.3 Å². The summed E-state index contributed by atoms with van der Waals surface area (Å²) < 4.78 is 26.5. The van der Waals surface area contributed by atoms with E-state index in [1.54, 1.807) is 17.0 Å². The Labute approximate surface area is 127 Å². The van der Waals surface area contributed by atoms with Gasteiger partial charge >= 0.3 is 0 Å². The van der Waals surface area contributed by atoms with Crippen LogP contribution in [0, 0.1) is 11.6 Å². The third-order valence-electron chi connectivity index (χ3n) is 3.24. The lowest BCUT2D eigenvalue weighted by atomic mass is 10.2. The summed E-state index contributed by atoms with van der Waals surface area (Å²) in [5.74, 6) is -1.53. The van der Waals surface area contributed by atoms with Gasteiger partial charge in [-0.25, -0.2) is 8.78 Å². The molecule has 0 bridgehead atoms. The van der Waals surface area contributed by atoms with Crippen LogP contribution in [0.15, 0.2) is 36.5 Å². The molecule has 116 valence electrons. The Morgan fingerprint density at radius 1 is 1.18 bits per heavy atom. The highest BCUT2D eigenvalue weighted by atomic mass is 19.1. The Morgan fingerprint density at radius 3 is 2.55 bits per heavy atom. The first-order chi connectivity index (χ1) is 10.5. The van der Waals surface area contributed by atoms with Gasteiger partial charge < -0.3 is 10.2 Å². The van der Waals surface area contributed by atoms with Crippen molar-refractivity contribution in [3.8, 4) is 0 Å². The summed E-state index contributed by atoms with van der Waals surface area (Å²) in [7, 11) is 0. The van der Waals surface area contributed by atoms with Crippen LogP contribution >= 0.6 is 0 Å². The van der Waals surface area contributed by atoms with Gasteiger partial charge in [-0.2, -0.15) is 0 Å². The first-order valence-electron chi connectivity index (χ1n) is 7.02. The van der Waals surface area contributed by atoms with Crippen molar-refractivity contribution >= 4 is 17.3 Å². The number of nitrogens with zero attached hydrogens (tertiary/aromatic N) is 2. The summed E-state index contributed by atoms with van der Waals surface area (Å²) in [6.07, 6.45) is 1.47. The van der Waals surface area contributed by atoms with Crippen molar-refractivity contribution in [2.45, 2.75) is 13.8 Å². The van der Waals surface area contributed by atoms with E-state index < -0.39 is 11.6 Å². The maximum atomic E-state index is 13.6. The fourth-order valence-corrected chi connectivity index (χ4v) is 2.04. The number of anilines is 2. The van der Waals surface area contributed by atoms with Crippen LogP contribution in [0.1, 0.15) is 24.3 Å². The number of carbonyl (C=O) groups is 1. The van der Waals surface area contributed by atoms with Gasteiger partial charge in [0, 0.05) is 31.0 Å². The van der Waals surface area contributed by atoms with Crippen LogP contribution in [0.25, 0.3) is 0 Å². The monoisotopic (exact) mass is 305 g/mol. The van der Waals surface area contributed by atoms with Crippen LogP contribution in [0.3, 0.4) is 0 Å². The molecule has 0 saturated carbocycles. The van der Waals surface area contributed by atoms with E-state index in [1.165, 1.54) is 12.3 Å². The van der Waals surface area contributed by atoms with Crippen molar-refractivity contribution in [2.75, 3.05) is 18.4 Å². The summed E-state index contributed by atoms with van der Waals surface area (Å²) in [6.45, 7) is 4.94. The topological polar surface area (TPSA) is 45.2 Å². The second-order valence-electron chi connectivity index (χ2n) is 4.66. The van der Waals surface area contributed by atoms with Gasteiger partial charge in [0.1, 0.15) is 17.3 Å². The molecule has 1 N–H and O–H groups in total. The first-order valence-corrected chi connectivity index (χ1v) is 7.02. The number of aromatic nitrogens is 1. The Bertz CT molecular complexity index is 672. The molecule has 0 unspecified atom stereocenters. The zero-order chi connectivity index (χ0) is 16.1. The van der Waals surface area contributed by atoms with E-state index in [1.807, 2.05) is 13.8 Å². The van der Waals surface area contributed by atoms with Gasteiger partial charge in [0.25, 0.3) is 5.91 Å². The van der Waals surface area contributed by atoms with Crippen LogP contribution in [0.5, 0.6) is 0 Å². The number of pyridine rings is 1. The molecule has 4 nitrogen and oxygen atoms in total. The predicted octanol–water partition coefficient (Wildman–Crippen LogP) is 3.59. The molecule has 1 heterocycles. The van der Waals surface area contributed by atoms with Crippen molar-refractivity contribution in [2.24, 2.45) is 0 Å². The van der Waals surface area contributed by atoms with E-state index in [2.05, 4.69) is 10.3 Å². The van der Waals surface area contributed by atoms with Crippen molar-refractivity contribution in [1.29, 1.82) is 0 Å². The molecule has 0 aliphatic rings. The first kappa shape index (κ1) is 15.9.